The molecular weight excluding hydrogens is 402 g/mol. The molecule has 0 heterocycles. The van der Waals surface area contributed by atoms with Crippen LogP contribution in [0.3, 0.4) is 0 Å². The first-order valence-electron chi connectivity index (χ1n) is 8.11. The third-order valence-electron chi connectivity index (χ3n) is 3.52. The van der Waals surface area contributed by atoms with Gasteiger partial charge in [0.2, 0.25) is 11.8 Å². The van der Waals surface area contributed by atoms with Crippen molar-refractivity contribution in [2.75, 3.05) is 0 Å². The highest BCUT2D eigenvalue weighted by Gasteiger charge is 2.28. The van der Waals surface area contributed by atoms with Crippen molar-refractivity contribution < 1.29 is 19.1 Å². The van der Waals surface area contributed by atoms with Crippen LogP contribution in [-0.2, 0) is 20.9 Å². The number of halogens is 1. The van der Waals surface area contributed by atoms with Gasteiger partial charge in [-0.3, -0.25) is 9.59 Å². The zero-order valence-electron chi connectivity index (χ0n) is 14.8. The minimum Gasteiger partial charge on any atom is -0.445 e. The van der Waals surface area contributed by atoms with Crippen LogP contribution in [0.4, 0.5) is 4.79 Å². The maximum absolute atomic E-state index is 12.5. The van der Waals surface area contributed by atoms with Gasteiger partial charge in [0.15, 0.2) is 0 Å². The van der Waals surface area contributed by atoms with Crippen molar-refractivity contribution in [3.05, 3.63) is 47.0 Å². The predicted octanol–water partition coefficient (Wildman–Crippen LogP) is 2.21. The molecule has 0 bridgehead atoms. The number of alkyl carbamates (subject to hydrolysis) is 1. The van der Waals surface area contributed by atoms with Crippen molar-refractivity contribution in [1.29, 1.82) is 0 Å². The molecule has 0 saturated heterocycles. The quantitative estimate of drug-likeness (QED) is 0.562. The zero-order valence-corrected chi connectivity index (χ0v) is 16.4. The first-order valence-corrected chi connectivity index (χ1v) is 8.90. The van der Waals surface area contributed by atoms with E-state index in [1.54, 1.807) is 13.8 Å². The lowest BCUT2D eigenvalue weighted by molar-refractivity contribution is -0.129. The SMILES string of the molecule is C=C(Br)C[C@@H](NC(=O)[C@@H](NC(=O)OCc1ccccc1)C(C)C)C(N)=O. The van der Waals surface area contributed by atoms with Crippen LogP contribution < -0.4 is 16.4 Å². The van der Waals surface area contributed by atoms with E-state index in [4.69, 9.17) is 10.5 Å². The van der Waals surface area contributed by atoms with E-state index in [1.807, 2.05) is 30.3 Å². The summed E-state index contributed by atoms with van der Waals surface area (Å²) in [5.41, 5.74) is 6.13. The molecule has 0 aliphatic heterocycles. The number of hydrogen-bond donors (Lipinski definition) is 3. The Morgan fingerprint density at radius 1 is 1.19 bits per heavy atom. The van der Waals surface area contributed by atoms with Crippen LogP contribution in [0.5, 0.6) is 0 Å². The second kappa shape index (κ2) is 10.6. The van der Waals surface area contributed by atoms with Crippen LogP contribution >= 0.6 is 15.9 Å². The first-order chi connectivity index (χ1) is 12.2. The Labute approximate surface area is 161 Å². The number of carbonyl (C=O) groups is 3. The summed E-state index contributed by atoms with van der Waals surface area (Å²) < 4.78 is 5.66. The molecule has 0 aromatic heterocycles. The topological polar surface area (TPSA) is 111 Å². The average molecular weight is 426 g/mol. The van der Waals surface area contributed by atoms with E-state index in [1.165, 1.54) is 0 Å². The summed E-state index contributed by atoms with van der Waals surface area (Å²) in [6.45, 7) is 7.26. The lowest BCUT2D eigenvalue weighted by atomic mass is 10.0. The van der Waals surface area contributed by atoms with E-state index in [0.29, 0.717) is 4.48 Å². The fourth-order valence-electron chi connectivity index (χ4n) is 2.13. The van der Waals surface area contributed by atoms with E-state index in [9.17, 15) is 14.4 Å². The highest BCUT2D eigenvalue weighted by Crippen LogP contribution is 2.11. The summed E-state index contributed by atoms with van der Waals surface area (Å²) in [5.74, 6) is -1.43. The highest BCUT2D eigenvalue weighted by atomic mass is 79.9. The zero-order chi connectivity index (χ0) is 19.7. The molecule has 8 heteroatoms. The van der Waals surface area contributed by atoms with Gasteiger partial charge >= 0.3 is 6.09 Å². The van der Waals surface area contributed by atoms with Crippen LogP contribution in [0, 0.1) is 5.92 Å². The van der Waals surface area contributed by atoms with Gasteiger partial charge < -0.3 is 21.1 Å². The van der Waals surface area contributed by atoms with Crippen molar-refractivity contribution in [3.63, 3.8) is 0 Å². The second-order valence-electron chi connectivity index (χ2n) is 6.11. The van der Waals surface area contributed by atoms with Crippen LogP contribution in [-0.4, -0.2) is 30.0 Å². The molecule has 1 aromatic carbocycles. The number of nitrogens with one attached hydrogen (secondary N) is 2. The third-order valence-corrected chi connectivity index (χ3v) is 3.84. The molecule has 7 nitrogen and oxygen atoms in total. The summed E-state index contributed by atoms with van der Waals surface area (Å²) in [7, 11) is 0. The number of ether oxygens (including phenoxy) is 1. The Hall–Kier alpha value is -2.35. The van der Waals surface area contributed by atoms with Crippen LogP contribution in [0.2, 0.25) is 0 Å². The highest BCUT2D eigenvalue weighted by molar-refractivity contribution is 9.11. The minimum atomic E-state index is -0.919. The smallest absolute Gasteiger partial charge is 0.408 e. The monoisotopic (exact) mass is 425 g/mol. The molecule has 1 aromatic rings. The van der Waals surface area contributed by atoms with Crippen molar-refractivity contribution in [1.82, 2.24) is 10.6 Å². The molecule has 0 aliphatic carbocycles. The summed E-state index contributed by atoms with van der Waals surface area (Å²) >= 11 is 3.14. The Bertz CT molecular complexity index is 649. The lowest BCUT2D eigenvalue weighted by Gasteiger charge is -2.24. The van der Waals surface area contributed by atoms with E-state index in [0.717, 1.165) is 5.56 Å². The summed E-state index contributed by atoms with van der Waals surface area (Å²) in [6.07, 6.45) is -0.562. The number of nitrogens with two attached hydrogens (primary N) is 1. The maximum Gasteiger partial charge on any atom is 0.408 e. The fraction of sp³-hybridized carbons (Fsp3) is 0.389. The Morgan fingerprint density at radius 3 is 2.31 bits per heavy atom. The molecule has 0 saturated carbocycles. The van der Waals surface area contributed by atoms with Crippen molar-refractivity contribution in [2.45, 2.75) is 39.0 Å². The number of primary amides is 1. The molecule has 4 N–H and O–H groups in total. The molecule has 0 fully saturated rings. The van der Waals surface area contributed by atoms with Crippen LogP contribution in [0.1, 0.15) is 25.8 Å². The molecule has 2 atom stereocenters. The minimum absolute atomic E-state index is 0.0897. The van der Waals surface area contributed by atoms with Gasteiger partial charge in [-0.05, 0) is 16.0 Å². The fourth-order valence-corrected chi connectivity index (χ4v) is 2.46. The Balaban J connectivity index is 2.65. The summed E-state index contributed by atoms with van der Waals surface area (Å²) in [6, 6.07) is 7.39. The summed E-state index contributed by atoms with van der Waals surface area (Å²) in [4.78, 5) is 35.9. The number of amides is 3. The Morgan fingerprint density at radius 2 is 1.81 bits per heavy atom. The summed E-state index contributed by atoms with van der Waals surface area (Å²) in [5, 5.41) is 5.06. The second-order valence-corrected chi connectivity index (χ2v) is 7.23. The van der Waals surface area contributed by atoms with E-state index in [2.05, 4.69) is 33.1 Å². The van der Waals surface area contributed by atoms with Crippen molar-refractivity contribution in [2.24, 2.45) is 11.7 Å². The molecule has 0 radical (unpaired) electrons. The molecular formula is C18H24BrN3O4. The number of benzene rings is 1. The largest absolute Gasteiger partial charge is 0.445 e. The third kappa shape index (κ3) is 7.69. The maximum atomic E-state index is 12.5. The van der Waals surface area contributed by atoms with Gasteiger partial charge in [0.25, 0.3) is 0 Å². The molecule has 142 valence electrons. The number of hydrogen-bond acceptors (Lipinski definition) is 4. The van der Waals surface area contributed by atoms with E-state index >= 15 is 0 Å². The van der Waals surface area contributed by atoms with E-state index in [-0.39, 0.29) is 18.9 Å². The van der Waals surface area contributed by atoms with Gasteiger partial charge in [-0.2, -0.15) is 0 Å². The average Bonchev–Trinajstić information content (AvgIpc) is 2.57. The number of rotatable bonds is 9. The number of carbonyl (C=O) groups excluding carboxylic acids is 3. The van der Waals surface area contributed by atoms with Gasteiger partial charge in [0.05, 0.1) is 0 Å². The molecule has 0 aliphatic rings. The van der Waals surface area contributed by atoms with Gasteiger partial charge in [0.1, 0.15) is 18.7 Å². The predicted molar refractivity (Wildman–Crippen MR) is 102 cm³/mol. The first kappa shape index (κ1) is 21.7. The normalized spacial score (nSPS) is 12.8. The van der Waals surface area contributed by atoms with Gasteiger partial charge in [-0.25, -0.2) is 4.79 Å². The molecule has 1 rings (SSSR count). The van der Waals surface area contributed by atoms with Gasteiger partial charge in [-0.15, -0.1) is 0 Å². The molecule has 0 unspecified atom stereocenters. The van der Waals surface area contributed by atoms with Crippen molar-refractivity contribution >= 4 is 33.8 Å². The van der Waals surface area contributed by atoms with E-state index < -0.39 is 30.0 Å². The molecule has 0 spiro atoms. The molecule has 26 heavy (non-hydrogen) atoms. The molecule has 3 amide bonds. The van der Waals surface area contributed by atoms with Crippen LogP contribution in [0.15, 0.2) is 41.4 Å². The van der Waals surface area contributed by atoms with Gasteiger partial charge in [-0.1, -0.05) is 66.7 Å². The lowest BCUT2D eigenvalue weighted by Crippen LogP contribution is -2.54. The van der Waals surface area contributed by atoms with Crippen molar-refractivity contribution in [3.8, 4) is 0 Å². The van der Waals surface area contributed by atoms with Crippen LogP contribution in [0.25, 0.3) is 0 Å². The van der Waals surface area contributed by atoms with Gasteiger partial charge in [0, 0.05) is 6.42 Å². The Kier molecular flexibility index (Phi) is 8.84. The standard InChI is InChI=1S/C18H24BrN3O4/c1-11(2)15(17(24)21-14(16(20)23)9-12(3)19)22-18(25)26-10-13-7-5-4-6-8-13/h4-8,11,14-15H,3,9-10H2,1-2H3,(H2,20,23)(H,21,24)(H,22,25)/t14-,15+/m1/s1.